The van der Waals surface area contributed by atoms with Gasteiger partial charge in [0.25, 0.3) is 0 Å². The highest BCUT2D eigenvalue weighted by atomic mass is 32.1. The molecule has 1 rings (SSSR count). The number of hydrogen-bond acceptors (Lipinski definition) is 4. The van der Waals surface area contributed by atoms with E-state index in [9.17, 15) is 4.79 Å². The molecule has 0 unspecified atom stereocenters. The van der Waals surface area contributed by atoms with E-state index < -0.39 is 5.54 Å². The molecule has 1 aromatic heterocycles. The van der Waals surface area contributed by atoms with Crippen LogP contribution in [0.4, 0.5) is 5.00 Å². The van der Waals surface area contributed by atoms with Gasteiger partial charge in [0.15, 0.2) is 0 Å². The number of hydrogen-bond donors (Lipinski definition) is 1. The standard InChI is InChI=1S/C9H13NO2S/c1-9(2,8(11)12-3)10-7-5-4-6-13-7/h4-6,10H,1-3H3. The van der Waals surface area contributed by atoms with E-state index in [2.05, 4.69) is 10.1 Å². The molecule has 0 spiro atoms. The third-order valence-corrected chi connectivity index (χ3v) is 2.44. The van der Waals surface area contributed by atoms with Gasteiger partial charge in [0, 0.05) is 0 Å². The minimum Gasteiger partial charge on any atom is -0.467 e. The van der Waals surface area contributed by atoms with Crippen LogP contribution in [0, 0.1) is 0 Å². The van der Waals surface area contributed by atoms with Crippen LogP contribution in [0.2, 0.25) is 0 Å². The molecule has 0 aliphatic carbocycles. The fraction of sp³-hybridized carbons (Fsp3) is 0.444. The van der Waals surface area contributed by atoms with Crippen LogP contribution < -0.4 is 5.32 Å². The maximum Gasteiger partial charge on any atom is 0.330 e. The summed E-state index contributed by atoms with van der Waals surface area (Å²) >= 11 is 1.56. The molecular weight excluding hydrogens is 186 g/mol. The average molecular weight is 199 g/mol. The zero-order chi connectivity index (χ0) is 9.90. The van der Waals surface area contributed by atoms with Gasteiger partial charge >= 0.3 is 5.97 Å². The summed E-state index contributed by atoms with van der Waals surface area (Å²) in [5.41, 5.74) is -0.667. The Morgan fingerprint density at radius 1 is 1.62 bits per heavy atom. The summed E-state index contributed by atoms with van der Waals surface area (Å²) in [6.45, 7) is 3.58. The van der Waals surface area contributed by atoms with Crippen LogP contribution in [-0.2, 0) is 9.53 Å². The molecule has 0 amide bonds. The molecule has 1 heterocycles. The molecular formula is C9H13NO2S. The third-order valence-electron chi connectivity index (χ3n) is 1.65. The lowest BCUT2D eigenvalue weighted by Crippen LogP contribution is -2.40. The summed E-state index contributed by atoms with van der Waals surface area (Å²) in [4.78, 5) is 11.3. The number of thiophene rings is 1. The Morgan fingerprint density at radius 3 is 2.77 bits per heavy atom. The van der Waals surface area contributed by atoms with Crippen molar-refractivity contribution in [3.8, 4) is 0 Å². The Hall–Kier alpha value is -1.03. The lowest BCUT2D eigenvalue weighted by molar-refractivity contribution is -0.144. The third kappa shape index (κ3) is 2.45. The molecule has 0 saturated carbocycles. The normalized spacial score (nSPS) is 11.0. The summed E-state index contributed by atoms with van der Waals surface area (Å²) < 4.78 is 4.67. The molecule has 4 heteroatoms. The highest BCUT2D eigenvalue weighted by Gasteiger charge is 2.28. The molecule has 0 aromatic carbocycles. The molecule has 1 aromatic rings. The zero-order valence-corrected chi connectivity index (χ0v) is 8.77. The topological polar surface area (TPSA) is 38.3 Å². The Balaban J connectivity index is 2.67. The maximum atomic E-state index is 11.3. The summed E-state index contributed by atoms with van der Waals surface area (Å²) in [6.07, 6.45) is 0. The lowest BCUT2D eigenvalue weighted by atomic mass is 10.1. The van der Waals surface area contributed by atoms with Crippen molar-refractivity contribution in [2.45, 2.75) is 19.4 Å². The summed E-state index contributed by atoms with van der Waals surface area (Å²) in [7, 11) is 1.39. The molecule has 0 radical (unpaired) electrons. The minimum absolute atomic E-state index is 0.263. The predicted octanol–water partition coefficient (Wildman–Crippen LogP) is 2.11. The second-order valence-corrected chi connectivity index (χ2v) is 4.17. The molecule has 0 aliphatic rings. The molecule has 72 valence electrons. The van der Waals surface area contributed by atoms with Gasteiger partial charge in [0.2, 0.25) is 0 Å². The van der Waals surface area contributed by atoms with E-state index in [-0.39, 0.29) is 5.97 Å². The summed E-state index contributed by atoms with van der Waals surface area (Å²) in [6, 6.07) is 3.86. The quantitative estimate of drug-likeness (QED) is 0.758. The first-order valence-electron chi connectivity index (χ1n) is 3.96. The molecule has 0 aliphatic heterocycles. The lowest BCUT2D eigenvalue weighted by Gasteiger charge is -2.23. The highest BCUT2D eigenvalue weighted by molar-refractivity contribution is 7.14. The van der Waals surface area contributed by atoms with Gasteiger partial charge in [-0.1, -0.05) is 0 Å². The number of methoxy groups -OCH3 is 1. The first kappa shape index (κ1) is 10.1. The Bertz CT molecular complexity index is 280. The van der Waals surface area contributed by atoms with E-state index in [0.717, 1.165) is 5.00 Å². The van der Waals surface area contributed by atoms with Gasteiger partial charge in [0.1, 0.15) is 5.54 Å². The second kappa shape index (κ2) is 3.79. The average Bonchev–Trinajstić information content (AvgIpc) is 2.54. The van der Waals surface area contributed by atoms with Gasteiger partial charge in [-0.15, -0.1) is 11.3 Å². The Labute approximate surface area is 81.7 Å². The van der Waals surface area contributed by atoms with Crippen molar-refractivity contribution in [1.82, 2.24) is 0 Å². The van der Waals surface area contributed by atoms with Crippen LogP contribution in [0.1, 0.15) is 13.8 Å². The van der Waals surface area contributed by atoms with Crippen LogP contribution in [0.5, 0.6) is 0 Å². The second-order valence-electron chi connectivity index (χ2n) is 3.22. The van der Waals surface area contributed by atoms with Crippen molar-refractivity contribution < 1.29 is 9.53 Å². The van der Waals surface area contributed by atoms with E-state index in [0.29, 0.717) is 0 Å². The number of anilines is 1. The number of carbonyl (C=O) groups is 1. The van der Waals surface area contributed by atoms with E-state index in [1.807, 2.05) is 17.5 Å². The summed E-state index contributed by atoms with van der Waals surface area (Å²) in [5.74, 6) is -0.263. The van der Waals surface area contributed by atoms with E-state index in [4.69, 9.17) is 0 Å². The van der Waals surface area contributed by atoms with E-state index in [1.54, 1.807) is 25.2 Å². The van der Waals surface area contributed by atoms with Gasteiger partial charge in [-0.25, -0.2) is 4.79 Å². The van der Waals surface area contributed by atoms with Crippen LogP contribution in [0.25, 0.3) is 0 Å². The van der Waals surface area contributed by atoms with Crippen LogP contribution in [0.15, 0.2) is 17.5 Å². The first-order valence-corrected chi connectivity index (χ1v) is 4.84. The SMILES string of the molecule is COC(=O)C(C)(C)Nc1cccs1. The number of ether oxygens (including phenoxy) is 1. The van der Waals surface area contributed by atoms with Gasteiger partial charge in [-0.05, 0) is 31.4 Å². The molecule has 0 atom stereocenters. The van der Waals surface area contributed by atoms with Crippen molar-refractivity contribution in [3.05, 3.63) is 17.5 Å². The monoisotopic (exact) mass is 199 g/mol. The van der Waals surface area contributed by atoms with Crippen LogP contribution in [-0.4, -0.2) is 18.6 Å². The van der Waals surface area contributed by atoms with Crippen molar-refractivity contribution in [1.29, 1.82) is 0 Å². The van der Waals surface area contributed by atoms with E-state index >= 15 is 0 Å². The van der Waals surface area contributed by atoms with E-state index in [1.165, 1.54) is 7.11 Å². The number of carbonyl (C=O) groups excluding carboxylic acids is 1. The summed E-state index contributed by atoms with van der Waals surface area (Å²) in [5, 5.41) is 6.01. The smallest absolute Gasteiger partial charge is 0.330 e. The number of esters is 1. The number of rotatable bonds is 3. The van der Waals surface area contributed by atoms with Crippen molar-refractivity contribution in [2.24, 2.45) is 0 Å². The molecule has 1 N–H and O–H groups in total. The minimum atomic E-state index is -0.667. The first-order chi connectivity index (χ1) is 6.06. The van der Waals surface area contributed by atoms with Crippen molar-refractivity contribution >= 4 is 22.3 Å². The van der Waals surface area contributed by atoms with Gasteiger partial charge in [0.05, 0.1) is 12.1 Å². The van der Waals surface area contributed by atoms with Crippen LogP contribution >= 0.6 is 11.3 Å². The van der Waals surface area contributed by atoms with Gasteiger partial charge in [-0.3, -0.25) is 0 Å². The highest BCUT2D eigenvalue weighted by Crippen LogP contribution is 2.20. The molecule has 0 fully saturated rings. The molecule has 3 nitrogen and oxygen atoms in total. The molecule has 0 saturated heterocycles. The molecule has 13 heavy (non-hydrogen) atoms. The largest absolute Gasteiger partial charge is 0.467 e. The zero-order valence-electron chi connectivity index (χ0n) is 7.96. The Kier molecular flexibility index (Phi) is 2.93. The fourth-order valence-electron chi connectivity index (χ4n) is 0.964. The maximum absolute atomic E-state index is 11.3. The number of nitrogens with one attached hydrogen (secondary N) is 1. The molecule has 0 bridgehead atoms. The van der Waals surface area contributed by atoms with Crippen molar-refractivity contribution in [2.75, 3.05) is 12.4 Å². The predicted molar refractivity (Wildman–Crippen MR) is 54.0 cm³/mol. The van der Waals surface area contributed by atoms with Gasteiger partial charge < -0.3 is 10.1 Å². The Morgan fingerprint density at radius 2 is 2.31 bits per heavy atom. The van der Waals surface area contributed by atoms with Gasteiger partial charge in [-0.2, -0.15) is 0 Å². The van der Waals surface area contributed by atoms with Crippen LogP contribution in [0.3, 0.4) is 0 Å². The fourth-order valence-corrected chi connectivity index (χ4v) is 1.74. The van der Waals surface area contributed by atoms with Crippen molar-refractivity contribution in [3.63, 3.8) is 0 Å².